The van der Waals surface area contributed by atoms with Crippen molar-refractivity contribution in [3.05, 3.63) is 45.6 Å². The number of carbonyl (C=O) groups is 1. The van der Waals surface area contributed by atoms with Crippen LogP contribution >= 0.6 is 46.0 Å². The van der Waals surface area contributed by atoms with Crippen LogP contribution in [0.4, 0.5) is 5.13 Å². The summed E-state index contributed by atoms with van der Waals surface area (Å²) in [4.78, 5) is 17.5. The SMILES string of the molecule is O=C(CSCc1ccc(Cl)s1)Nc1nc2ccccc2s1. The first-order valence-corrected chi connectivity index (χ1v) is 9.34. The number of hydrogen-bond acceptors (Lipinski definition) is 5. The molecule has 1 N–H and O–H groups in total. The lowest BCUT2D eigenvalue weighted by atomic mass is 10.3. The third-order valence-corrected chi connectivity index (χ3v) is 5.99. The predicted octanol–water partition coefficient (Wildman–Crippen LogP) is 4.88. The highest BCUT2D eigenvalue weighted by molar-refractivity contribution is 7.99. The average molecular weight is 355 g/mol. The number of thioether (sulfide) groups is 1. The molecule has 0 bridgehead atoms. The number of para-hydroxylation sites is 1. The van der Waals surface area contributed by atoms with Crippen molar-refractivity contribution in [3.8, 4) is 0 Å². The molecule has 0 saturated carbocycles. The van der Waals surface area contributed by atoms with Crippen LogP contribution in [0.1, 0.15) is 4.88 Å². The molecule has 3 rings (SSSR count). The lowest BCUT2D eigenvalue weighted by molar-refractivity contribution is -0.113. The summed E-state index contributed by atoms with van der Waals surface area (Å²) in [6, 6.07) is 11.7. The zero-order chi connectivity index (χ0) is 14.7. The molecule has 108 valence electrons. The van der Waals surface area contributed by atoms with Crippen LogP contribution in [-0.4, -0.2) is 16.6 Å². The van der Waals surface area contributed by atoms with E-state index >= 15 is 0 Å². The summed E-state index contributed by atoms with van der Waals surface area (Å²) in [6.45, 7) is 0. The Kier molecular flexibility index (Phi) is 4.80. The summed E-state index contributed by atoms with van der Waals surface area (Å²) >= 11 is 10.5. The minimum atomic E-state index is -0.0262. The number of carbonyl (C=O) groups excluding carboxylic acids is 1. The van der Waals surface area contributed by atoms with Gasteiger partial charge in [0.15, 0.2) is 5.13 Å². The summed E-state index contributed by atoms with van der Waals surface area (Å²) < 4.78 is 1.86. The molecule has 21 heavy (non-hydrogen) atoms. The molecule has 0 spiro atoms. The first kappa shape index (κ1) is 14.8. The van der Waals surface area contributed by atoms with Gasteiger partial charge in [-0.2, -0.15) is 0 Å². The van der Waals surface area contributed by atoms with E-state index in [9.17, 15) is 4.79 Å². The molecule has 0 radical (unpaired) electrons. The summed E-state index contributed by atoms with van der Waals surface area (Å²) in [6.07, 6.45) is 0. The minimum Gasteiger partial charge on any atom is -0.301 e. The second kappa shape index (κ2) is 6.79. The Labute approximate surface area is 139 Å². The highest BCUT2D eigenvalue weighted by Gasteiger charge is 2.08. The average Bonchev–Trinajstić information content (AvgIpc) is 3.04. The molecule has 3 nitrogen and oxygen atoms in total. The zero-order valence-electron chi connectivity index (χ0n) is 10.8. The monoisotopic (exact) mass is 354 g/mol. The molecular formula is C14H11ClN2OS3. The van der Waals surface area contributed by atoms with Crippen LogP contribution in [0, 0.1) is 0 Å². The first-order chi connectivity index (χ1) is 10.2. The number of aromatic nitrogens is 1. The highest BCUT2D eigenvalue weighted by atomic mass is 35.5. The molecular weight excluding hydrogens is 344 g/mol. The van der Waals surface area contributed by atoms with Crippen LogP contribution in [0.3, 0.4) is 0 Å². The molecule has 0 fully saturated rings. The van der Waals surface area contributed by atoms with Gasteiger partial charge in [0.2, 0.25) is 5.91 Å². The smallest absolute Gasteiger partial charge is 0.236 e. The molecule has 2 aromatic heterocycles. The van der Waals surface area contributed by atoms with Crippen molar-refractivity contribution in [2.24, 2.45) is 0 Å². The van der Waals surface area contributed by atoms with Gasteiger partial charge in [0.1, 0.15) is 0 Å². The molecule has 0 aliphatic rings. The van der Waals surface area contributed by atoms with E-state index < -0.39 is 0 Å². The normalized spacial score (nSPS) is 10.9. The topological polar surface area (TPSA) is 42.0 Å². The fourth-order valence-electron chi connectivity index (χ4n) is 1.75. The molecule has 0 aliphatic carbocycles. The summed E-state index contributed by atoms with van der Waals surface area (Å²) in [5.41, 5.74) is 0.915. The Bertz CT molecular complexity index is 735. The highest BCUT2D eigenvalue weighted by Crippen LogP contribution is 2.27. The van der Waals surface area contributed by atoms with Crippen molar-refractivity contribution in [1.29, 1.82) is 0 Å². The maximum atomic E-state index is 11.9. The number of fused-ring (bicyclic) bond motifs is 1. The molecule has 0 saturated heterocycles. The van der Waals surface area contributed by atoms with Gasteiger partial charge in [-0.05, 0) is 24.3 Å². The molecule has 1 aromatic carbocycles. The maximum Gasteiger partial charge on any atom is 0.236 e. The third-order valence-electron chi connectivity index (χ3n) is 2.65. The largest absolute Gasteiger partial charge is 0.301 e. The Morgan fingerprint density at radius 1 is 1.24 bits per heavy atom. The van der Waals surface area contributed by atoms with Crippen LogP contribution < -0.4 is 5.32 Å². The summed E-state index contributed by atoms with van der Waals surface area (Å²) in [5, 5.41) is 3.50. The van der Waals surface area contributed by atoms with E-state index in [1.165, 1.54) is 16.2 Å². The van der Waals surface area contributed by atoms with E-state index in [1.54, 1.807) is 23.1 Å². The van der Waals surface area contributed by atoms with Gasteiger partial charge in [-0.1, -0.05) is 35.1 Å². The maximum absolute atomic E-state index is 11.9. The number of anilines is 1. The lowest BCUT2D eigenvalue weighted by Gasteiger charge is -2.00. The Balaban J connectivity index is 1.51. The Morgan fingerprint density at radius 3 is 2.86 bits per heavy atom. The predicted molar refractivity (Wildman–Crippen MR) is 93.7 cm³/mol. The van der Waals surface area contributed by atoms with Crippen molar-refractivity contribution in [3.63, 3.8) is 0 Å². The van der Waals surface area contributed by atoms with Crippen LogP contribution in [-0.2, 0) is 10.5 Å². The van der Waals surface area contributed by atoms with E-state index in [-0.39, 0.29) is 5.91 Å². The standard InChI is InChI=1S/C14H11ClN2OS3/c15-12-6-5-9(20-12)7-19-8-13(18)17-14-16-10-3-1-2-4-11(10)21-14/h1-6H,7-8H2,(H,16,17,18). The zero-order valence-corrected chi connectivity index (χ0v) is 14.0. The first-order valence-electron chi connectivity index (χ1n) is 6.18. The van der Waals surface area contributed by atoms with Gasteiger partial charge in [-0.3, -0.25) is 4.79 Å². The third kappa shape index (κ3) is 3.97. The van der Waals surface area contributed by atoms with Crippen LogP contribution in [0.2, 0.25) is 4.34 Å². The quantitative estimate of drug-likeness (QED) is 0.709. The van der Waals surface area contributed by atoms with E-state index in [0.717, 1.165) is 20.3 Å². The van der Waals surface area contributed by atoms with Crippen LogP contribution in [0.15, 0.2) is 36.4 Å². The molecule has 0 unspecified atom stereocenters. The lowest BCUT2D eigenvalue weighted by Crippen LogP contribution is -2.13. The number of benzene rings is 1. The van der Waals surface area contributed by atoms with Gasteiger partial charge in [0, 0.05) is 10.6 Å². The van der Waals surface area contributed by atoms with Crippen molar-refractivity contribution >= 4 is 67.3 Å². The number of thiophene rings is 1. The number of rotatable bonds is 5. The fraction of sp³-hybridized carbons (Fsp3) is 0.143. The van der Waals surface area contributed by atoms with E-state index in [4.69, 9.17) is 11.6 Å². The number of hydrogen-bond donors (Lipinski definition) is 1. The Morgan fingerprint density at radius 2 is 2.10 bits per heavy atom. The molecule has 0 atom stereocenters. The summed E-state index contributed by atoms with van der Waals surface area (Å²) in [5.74, 6) is 1.18. The van der Waals surface area contributed by atoms with Crippen LogP contribution in [0.5, 0.6) is 0 Å². The second-order valence-electron chi connectivity index (χ2n) is 4.23. The number of nitrogens with one attached hydrogen (secondary N) is 1. The van der Waals surface area contributed by atoms with Gasteiger partial charge in [0.25, 0.3) is 0 Å². The number of thiazole rings is 1. The summed E-state index contributed by atoms with van der Waals surface area (Å²) in [7, 11) is 0. The number of halogens is 1. The molecule has 3 aromatic rings. The number of nitrogens with zero attached hydrogens (tertiary/aromatic N) is 1. The molecule has 7 heteroatoms. The van der Waals surface area contributed by atoms with Crippen molar-refractivity contribution < 1.29 is 4.79 Å². The molecule has 2 heterocycles. The van der Waals surface area contributed by atoms with Crippen molar-refractivity contribution in [2.45, 2.75) is 5.75 Å². The Hall–Kier alpha value is -1.08. The van der Waals surface area contributed by atoms with Crippen LogP contribution in [0.25, 0.3) is 10.2 Å². The van der Waals surface area contributed by atoms with Gasteiger partial charge in [-0.15, -0.1) is 23.1 Å². The number of amides is 1. The van der Waals surface area contributed by atoms with Gasteiger partial charge >= 0.3 is 0 Å². The van der Waals surface area contributed by atoms with Gasteiger partial charge in [0.05, 0.1) is 20.3 Å². The van der Waals surface area contributed by atoms with Crippen molar-refractivity contribution in [1.82, 2.24) is 4.98 Å². The van der Waals surface area contributed by atoms with Crippen molar-refractivity contribution in [2.75, 3.05) is 11.1 Å². The molecule has 1 amide bonds. The van der Waals surface area contributed by atoms with E-state index in [2.05, 4.69) is 10.3 Å². The van der Waals surface area contributed by atoms with Gasteiger partial charge in [-0.25, -0.2) is 4.98 Å². The van der Waals surface area contributed by atoms with Gasteiger partial charge < -0.3 is 5.32 Å². The van der Waals surface area contributed by atoms with E-state index in [0.29, 0.717) is 10.9 Å². The molecule has 0 aliphatic heterocycles. The minimum absolute atomic E-state index is 0.0262. The second-order valence-corrected chi connectivity index (χ2v) is 8.05. The van der Waals surface area contributed by atoms with E-state index in [1.807, 2.05) is 36.4 Å². The fourth-order valence-corrected chi connectivity index (χ4v) is 4.66.